The molecule has 0 atom stereocenters. The van der Waals surface area contributed by atoms with Gasteiger partial charge in [0.05, 0.1) is 5.69 Å². The molecule has 18 heavy (non-hydrogen) atoms. The molecule has 1 aromatic carbocycles. The summed E-state index contributed by atoms with van der Waals surface area (Å²) < 4.78 is 0. The monoisotopic (exact) mass is 247 g/mol. The fourth-order valence-electron chi connectivity index (χ4n) is 2.07. The van der Waals surface area contributed by atoms with E-state index in [0.29, 0.717) is 6.41 Å². The molecule has 0 radical (unpaired) electrons. The van der Waals surface area contributed by atoms with E-state index in [2.05, 4.69) is 27.7 Å². The predicted molar refractivity (Wildman–Crippen MR) is 73.8 cm³/mol. The Kier molecular flexibility index (Phi) is 4.65. The first-order valence-electron chi connectivity index (χ1n) is 6.28. The van der Waals surface area contributed by atoms with Crippen molar-refractivity contribution in [1.29, 1.82) is 0 Å². The number of para-hydroxylation sites is 1. The fraction of sp³-hybridized carbons (Fsp3) is 0.467. The van der Waals surface area contributed by atoms with Crippen LogP contribution in [0.3, 0.4) is 0 Å². The van der Waals surface area contributed by atoms with Crippen molar-refractivity contribution in [3.8, 4) is 0 Å². The second kappa shape index (κ2) is 5.80. The SMILES string of the molecule is CC(=O)N(C=O)c1c(C(C)C)cccc1C(C)C. The number of amides is 2. The minimum Gasteiger partial charge on any atom is -0.278 e. The van der Waals surface area contributed by atoms with Crippen molar-refractivity contribution in [1.82, 2.24) is 0 Å². The Bertz CT molecular complexity index is 424. The van der Waals surface area contributed by atoms with Gasteiger partial charge >= 0.3 is 0 Å². The first-order valence-corrected chi connectivity index (χ1v) is 6.28. The first kappa shape index (κ1) is 14.4. The van der Waals surface area contributed by atoms with Gasteiger partial charge in [-0.3, -0.25) is 14.5 Å². The molecule has 2 amide bonds. The molecule has 98 valence electrons. The third-order valence-electron chi connectivity index (χ3n) is 3.03. The minimum atomic E-state index is -0.250. The summed E-state index contributed by atoms with van der Waals surface area (Å²) in [4.78, 5) is 24.0. The maximum Gasteiger partial charge on any atom is 0.230 e. The lowest BCUT2D eigenvalue weighted by Gasteiger charge is -2.24. The molecule has 0 N–H and O–H groups in total. The summed E-state index contributed by atoms with van der Waals surface area (Å²) in [5, 5.41) is 0. The lowest BCUT2D eigenvalue weighted by Crippen LogP contribution is -2.29. The largest absolute Gasteiger partial charge is 0.278 e. The van der Waals surface area contributed by atoms with Crippen LogP contribution in [0, 0.1) is 0 Å². The number of nitrogens with zero attached hydrogens (tertiary/aromatic N) is 1. The van der Waals surface area contributed by atoms with Crippen LogP contribution in [-0.2, 0) is 9.59 Å². The summed E-state index contributed by atoms with van der Waals surface area (Å²) in [7, 11) is 0. The molecule has 1 aromatic rings. The lowest BCUT2D eigenvalue weighted by atomic mass is 9.92. The number of benzene rings is 1. The highest BCUT2D eigenvalue weighted by Gasteiger charge is 2.21. The summed E-state index contributed by atoms with van der Waals surface area (Å²) in [5.74, 6) is 0.279. The second-order valence-corrected chi connectivity index (χ2v) is 5.09. The highest BCUT2D eigenvalue weighted by molar-refractivity contribution is 6.07. The predicted octanol–water partition coefficient (Wildman–Crippen LogP) is 3.44. The summed E-state index contributed by atoms with van der Waals surface area (Å²) >= 11 is 0. The first-order chi connectivity index (χ1) is 8.40. The van der Waals surface area contributed by atoms with Gasteiger partial charge in [-0.05, 0) is 23.0 Å². The van der Waals surface area contributed by atoms with Gasteiger partial charge in [0, 0.05) is 6.92 Å². The number of rotatable bonds is 4. The lowest BCUT2D eigenvalue weighted by molar-refractivity contribution is -0.120. The quantitative estimate of drug-likeness (QED) is 0.764. The van der Waals surface area contributed by atoms with E-state index in [4.69, 9.17) is 0 Å². The van der Waals surface area contributed by atoms with Crippen molar-refractivity contribution >= 4 is 18.0 Å². The zero-order valence-electron chi connectivity index (χ0n) is 11.7. The maximum absolute atomic E-state index is 11.6. The van der Waals surface area contributed by atoms with E-state index in [1.54, 1.807) is 0 Å². The third-order valence-corrected chi connectivity index (χ3v) is 3.03. The summed E-state index contributed by atoms with van der Waals surface area (Å²) in [5.41, 5.74) is 2.82. The van der Waals surface area contributed by atoms with Crippen LogP contribution in [0.4, 0.5) is 5.69 Å². The van der Waals surface area contributed by atoms with Crippen LogP contribution in [0.15, 0.2) is 18.2 Å². The molecule has 0 bridgehead atoms. The Balaban J connectivity index is 3.53. The molecule has 0 aliphatic carbocycles. The molecule has 0 heterocycles. The van der Waals surface area contributed by atoms with Crippen LogP contribution in [0.25, 0.3) is 0 Å². The molecule has 3 heteroatoms. The number of carbonyl (C=O) groups is 2. The molecule has 0 aliphatic heterocycles. The second-order valence-electron chi connectivity index (χ2n) is 5.09. The van der Waals surface area contributed by atoms with Crippen molar-refractivity contribution in [3.63, 3.8) is 0 Å². The zero-order valence-corrected chi connectivity index (χ0v) is 11.7. The van der Waals surface area contributed by atoms with Gasteiger partial charge in [0.1, 0.15) is 0 Å². The van der Waals surface area contributed by atoms with Gasteiger partial charge in [-0.15, -0.1) is 0 Å². The Hall–Kier alpha value is -1.64. The Morgan fingerprint density at radius 3 is 1.83 bits per heavy atom. The van der Waals surface area contributed by atoms with E-state index in [1.807, 2.05) is 18.2 Å². The Morgan fingerprint density at radius 1 is 1.11 bits per heavy atom. The molecule has 1 rings (SSSR count). The van der Waals surface area contributed by atoms with Crippen LogP contribution < -0.4 is 4.90 Å². The number of hydrogen-bond acceptors (Lipinski definition) is 2. The third kappa shape index (κ3) is 2.78. The summed E-state index contributed by atoms with van der Waals surface area (Å²) in [6.07, 6.45) is 0.607. The van der Waals surface area contributed by atoms with Gasteiger partial charge in [0.25, 0.3) is 0 Å². The molecule has 0 unspecified atom stereocenters. The number of carbonyl (C=O) groups excluding carboxylic acids is 2. The van der Waals surface area contributed by atoms with Crippen LogP contribution in [0.2, 0.25) is 0 Å². The van der Waals surface area contributed by atoms with E-state index < -0.39 is 0 Å². The van der Waals surface area contributed by atoms with Crippen LogP contribution in [-0.4, -0.2) is 12.3 Å². The highest BCUT2D eigenvalue weighted by atomic mass is 16.2. The molecule has 0 fully saturated rings. The molecular formula is C15H21NO2. The highest BCUT2D eigenvalue weighted by Crippen LogP contribution is 2.34. The van der Waals surface area contributed by atoms with E-state index in [1.165, 1.54) is 11.8 Å². The van der Waals surface area contributed by atoms with Crippen molar-refractivity contribution in [2.45, 2.75) is 46.5 Å². The number of anilines is 1. The van der Waals surface area contributed by atoms with Crippen molar-refractivity contribution in [2.75, 3.05) is 4.90 Å². The number of hydrogen-bond donors (Lipinski definition) is 0. The average Bonchev–Trinajstić information content (AvgIpc) is 2.28. The van der Waals surface area contributed by atoms with E-state index in [9.17, 15) is 9.59 Å². The van der Waals surface area contributed by atoms with Gasteiger partial charge in [-0.25, -0.2) is 0 Å². The van der Waals surface area contributed by atoms with Crippen LogP contribution in [0.5, 0.6) is 0 Å². The van der Waals surface area contributed by atoms with Gasteiger partial charge in [0.15, 0.2) is 0 Å². The summed E-state index contributed by atoms with van der Waals surface area (Å²) in [6, 6.07) is 5.94. The van der Waals surface area contributed by atoms with Crippen molar-refractivity contribution < 1.29 is 9.59 Å². The van der Waals surface area contributed by atoms with Gasteiger partial charge < -0.3 is 0 Å². The average molecular weight is 247 g/mol. The van der Waals surface area contributed by atoms with E-state index in [-0.39, 0.29) is 17.7 Å². The number of imide groups is 1. The summed E-state index contributed by atoms with van der Waals surface area (Å²) in [6.45, 7) is 9.66. The van der Waals surface area contributed by atoms with Gasteiger partial charge in [-0.2, -0.15) is 0 Å². The standard InChI is InChI=1S/C15H21NO2/c1-10(2)13-7-6-8-14(11(3)4)15(13)16(9-17)12(5)18/h6-11H,1-5H3. The molecule has 3 nitrogen and oxygen atoms in total. The normalized spacial score (nSPS) is 10.8. The van der Waals surface area contributed by atoms with Crippen LogP contribution >= 0.6 is 0 Å². The fourth-order valence-corrected chi connectivity index (χ4v) is 2.07. The molecule has 0 saturated carbocycles. The topological polar surface area (TPSA) is 37.4 Å². The van der Waals surface area contributed by atoms with E-state index in [0.717, 1.165) is 16.8 Å². The Morgan fingerprint density at radius 2 is 1.56 bits per heavy atom. The molecular weight excluding hydrogens is 226 g/mol. The molecule has 0 aromatic heterocycles. The smallest absolute Gasteiger partial charge is 0.230 e. The Labute approximate surface area is 109 Å². The van der Waals surface area contributed by atoms with Gasteiger partial charge in [-0.1, -0.05) is 45.9 Å². The zero-order chi connectivity index (χ0) is 13.9. The van der Waals surface area contributed by atoms with Crippen LogP contribution in [0.1, 0.15) is 57.6 Å². The van der Waals surface area contributed by atoms with Gasteiger partial charge in [0.2, 0.25) is 12.3 Å². The molecule has 0 saturated heterocycles. The minimum absolute atomic E-state index is 0.250. The van der Waals surface area contributed by atoms with Crippen molar-refractivity contribution in [2.24, 2.45) is 0 Å². The van der Waals surface area contributed by atoms with Crippen molar-refractivity contribution in [3.05, 3.63) is 29.3 Å². The molecule has 0 aliphatic rings. The molecule has 0 spiro atoms. The maximum atomic E-state index is 11.6. The van der Waals surface area contributed by atoms with E-state index >= 15 is 0 Å².